The maximum Gasteiger partial charge on any atom is 0.291 e. The number of methoxy groups -OCH3 is 1. The Kier molecular flexibility index (Phi) is 5.28. The van der Waals surface area contributed by atoms with Gasteiger partial charge in [0.2, 0.25) is 4.93 Å². The second kappa shape index (κ2) is 6.75. The summed E-state index contributed by atoms with van der Waals surface area (Å²) in [5.41, 5.74) is 0. The fraction of sp³-hybridized carbons (Fsp3) is 0.857. The number of carbonyl (C=O) groups is 1. The van der Waals surface area contributed by atoms with Gasteiger partial charge in [0.15, 0.2) is 5.17 Å². The van der Waals surface area contributed by atoms with Gasteiger partial charge in [0.25, 0.3) is 5.91 Å². The molecule has 0 spiro atoms. The van der Waals surface area contributed by atoms with E-state index in [1.165, 1.54) is 50.3 Å². The number of nitrogens with zero attached hydrogens (tertiary/aromatic N) is 1. The molecule has 1 amide bonds. The Labute approximate surface area is 119 Å². The fourth-order valence-electron chi connectivity index (χ4n) is 2.78. The highest BCUT2D eigenvalue weighted by molar-refractivity contribution is 8.16. The topological polar surface area (TPSA) is 50.7 Å². The molecule has 0 aromatic carbocycles. The first kappa shape index (κ1) is 14.9. The normalized spacial score (nSPS) is 29.2. The number of rotatable bonds is 4. The van der Waals surface area contributed by atoms with Crippen molar-refractivity contribution < 1.29 is 9.53 Å². The van der Waals surface area contributed by atoms with Crippen molar-refractivity contribution in [3.05, 3.63) is 0 Å². The number of hydrogen-bond acceptors (Lipinski definition) is 4. The van der Waals surface area contributed by atoms with Crippen molar-refractivity contribution in [1.82, 2.24) is 5.32 Å². The monoisotopic (exact) mass is 284 g/mol. The second-order valence-corrected chi connectivity index (χ2v) is 6.61. The maximum atomic E-state index is 12.1. The number of carbonyl (C=O) groups excluding carboxylic acids is 1. The number of amides is 1. The molecule has 0 aromatic heterocycles. The predicted octanol–water partition coefficient (Wildman–Crippen LogP) is 3.07. The van der Waals surface area contributed by atoms with Crippen LogP contribution in [0.1, 0.15) is 58.3 Å². The predicted molar refractivity (Wildman–Crippen MR) is 79.3 cm³/mol. The van der Waals surface area contributed by atoms with E-state index in [4.69, 9.17) is 4.74 Å². The first-order valence-electron chi connectivity index (χ1n) is 7.34. The van der Waals surface area contributed by atoms with E-state index in [0.29, 0.717) is 12.5 Å². The van der Waals surface area contributed by atoms with Crippen molar-refractivity contribution in [2.75, 3.05) is 7.11 Å². The minimum atomic E-state index is -0.776. The molecule has 1 N–H and O–H groups in total. The molecule has 1 aliphatic carbocycles. The van der Waals surface area contributed by atoms with Crippen LogP contribution in [0.3, 0.4) is 0 Å². The zero-order valence-corrected chi connectivity index (χ0v) is 12.7. The van der Waals surface area contributed by atoms with Crippen LogP contribution in [0.15, 0.2) is 4.99 Å². The van der Waals surface area contributed by atoms with E-state index in [9.17, 15) is 4.79 Å². The Morgan fingerprint density at radius 1 is 1.37 bits per heavy atom. The van der Waals surface area contributed by atoms with Gasteiger partial charge in [-0.3, -0.25) is 4.79 Å². The van der Waals surface area contributed by atoms with Crippen LogP contribution in [-0.2, 0) is 9.53 Å². The molecular formula is C14H24N2O2S. The van der Waals surface area contributed by atoms with Crippen molar-refractivity contribution in [2.45, 2.75) is 69.3 Å². The molecule has 1 saturated carbocycles. The van der Waals surface area contributed by atoms with Crippen LogP contribution in [0.2, 0.25) is 0 Å². The Bertz CT molecular complexity index is 351. The Hall–Kier alpha value is -0.550. The molecule has 0 saturated heterocycles. The minimum absolute atomic E-state index is 0.141. The van der Waals surface area contributed by atoms with Gasteiger partial charge in [-0.1, -0.05) is 39.0 Å². The van der Waals surface area contributed by atoms with Crippen molar-refractivity contribution >= 4 is 22.8 Å². The molecule has 1 aliphatic heterocycles. The van der Waals surface area contributed by atoms with Gasteiger partial charge in [0, 0.05) is 13.2 Å². The smallest absolute Gasteiger partial charge is 0.291 e. The summed E-state index contributed by atoms with van der Waals surface area (Å²) in [5, 5.41) is 4.20. The summed E-state index contributed by atoms with van der Waals surface area (Å²) in [6, 6.07) is 0.468. The van der Waals surface area contributed by atoms with Crippen molar-refractivity contribution in [3.63, 3.8) is 0 Å². The number of hydrogen-bond donors (Lipinski definition) is 1. The van der Waals surface area contributed by atoms with Gasteiger partial charge in [-0.15, -0.1) is 0 Å². The standard InChI is InChI=1S/C14H24N2O2S/c1-3-10-14(18-2)12(17)16-13(19-14)15-11-8-6-4-5-7-9-11/h11H,3-10H2,1-2H3,(H,15,16,17). The Morgan fingerprint density at radius 2 is 2.05 bits per heavy atom. The van der Waals surface area contributed by atoms with Crippen LogP contribution >= 0.6 is 11.8 Å². The van der Waals surface area contributed by atoms with E-state index in [0.717, 1.165) is 11.6 Å². The summed E-state index contributed by atoms with van der Waals surface area (Å²) in [4.78, 5) is 15.4. The molecule has 2 aliphatic rings. The number of thioether (sulfide) groups is 1. The molecule has 5 heteroatoms. The molecule has 4 nitrogen and oxygen atoms in total. The van der Waals surface area contributed by atoms with Crippen molar-refractivity contribution in [3.8, 4) is 0 Å². The lowest BCUT2D eigenvalue weighted by Crippen LogP contribution is -2.35. The third kappa shape index (κ3) is 3.51. The van der Waals surface area contributed by atoms with Gasteiger partial charge in [0.1, 0.15) is 0 Å². The first-order chi connectivity index (χ1) is 9.20. The van der Waals surface area contributed by atoms with E-state index in [1.807, 2.05) is 0 Å². The van der Waals surface area contributed by atoms with E-state index in [-0.39, 0.29) is 5.91 Å². The molecule has 0 bridgehead atoms. The van der Waals surface area contributed by atoms with Crippen molar-refractivity contribution in [1.29, 1.82) is 0 Å². The summed E-state index contributed by atoms with van der Waals surface area (Å²) in [6.07, 6.45) is 9.19. The summed E-state index contributed by atoms with van der Waals surface area (Å²) in [6.45, 7) is 2.06. The Balaban J connectivity index is 1.95. The third-order valence-corrected chi connectivity index (χ3v) is 5.16. The SMILES string of the molecule is CCCC1(OC)SC(NC2CCCCCC2)=NC1=O. The molecule has 0 radical (unpaired) electrons. The van der Waals surface area contributed by atoms with Crippen LogP contribution in [-0.4, -0.2) is 29.2 Å². The van der Waals surface area contributed by atoms with E-state index in [2.05, 4.69) is 17.2 Å². The largest absolute Gasteiger partial charge is 0.362 e. The minimum Gasteiger partial charge on any atom is -0.362 e. The summed E-state index contributed by atoms with van der Waals surface area (Å²) < 4.78 is 5.45. The lowest BCUT2D eigenvalue weighted by atomic mass is 10.1. The van der Waals surface area contributed by atoms with Gasteiger partial charge in [-0.05, 0) is 31.0 Å². The average molecular weight is 284 g/mol. The van der Waals surface area contributed by atoms with Crippen LogP contribution in [0.4, 0.5) is 0 Å². The lowest BCUT2D eigenvalue weighted by molar-refractivity contribution is -0.130. The highest BCUT2D eigenvalue weighted by atomic mass is 32.2. The summed E-state index contributed by atoms with van der Waals surface area (Å²) >= 11 is 1.46. The number of ether oxygens (including phenoxy) is 1. The summed E-state index contributed by atoms with van der Waals surface area (Å²) in [5.74, 6) is -0.141. The molecule has 1 fully saturated rings. The molecular weight excluding hydrogens is 260 g/mol. The lowest BCUT2D eigenvalue weighted by Gasteiger charge is -2.24. The quantitative estimate of drug-likeness (QED) is 0.806. The molecule has 19 heavy (non-hydrogen) atoms. The summed E-state index contributed by atoms with van der Waals surface area (Å²) in [7, 11) is 1.60. The van der Waals surface area contributed by atoms with E-state index < -0.39 is 4.93 Å². The van der Waals surface area contributed by atoms with Gasteiger partial charge >= 0.3 is 0 Å². The zero-order valence-electron chi connectivity index (χ0n) is 11.9. The Morgan fingerprint density at radius 3 is 2.63 bits per heavy atom. The number of aliphatic imine (C=N–C) groups is 1. The highest BCUT2D eigenvalue weighted by Crippen LogP contribution is 2.38. The zero-order chi connectivity index (χ0) is 13.7. The van der Waals surface area contributed by atoms with Crippen LogP contribution in [0.5, 0.6) is 0 Å². The number of nitrogens with one attached hydrogen (secondary N) is 1. The van der Waals surface area contributed by atoms with Gasteiger partial charge < -0.3 is 10.1 Å². The molecule has 1 heterocycles. The average Bonchev–Trinajstić information content (AvgIpc) is 2.58. The highest BCUT2D eigenvalue weighted by Gasteiger charge is 2.45. The van der Waals surface area contributed by atoms with Gasteiger partial charge in [-0.2, -0.15) is 4.99 Å². The van der Waals surface area contributed by atoms with Crippen molar-refractivity contribution in [2.24, 2.45) is 4.99 Å². The van der Waals surface area contributed by atoms with Crippen LogP contribution < -0.4 is 5.32 Å². The third-order valence-electron chi connectivity index (χ3n) is 3.88. The van der Waals surface area contributed by atoms with E-state index >= 15 is 0 Å². The molecule has 108 valence electrons. The molecule has 2 rings (SSSR count). The molecule has 1 unspecified atom stereocenters. The fourth-order valence-corrected chi connectivity index (χ4v) is 3.97. The number of amidine groups is 1. The van der Waals surface area contributed by atoms with Crippen LogP contribution in [0, 0.1) is 0 Å². The first-order valence-corrected chi connectivity index (χ1v) is 8.15. The molecule has 0 aromatic rings. The maximum absolute atomic E-state index is 12.1. The van der Waals surface area contributed by atoms with Crippen LogP contribution in [0.25, 0.3) is 0 Å². The second-order valence-electron chi connectivity index (χ2n) is 5.36. The van der Waals surface area contributed by atoms with Gasteiger partial charge in [-0.25, -0.2) is 0 Å². The molecule has 1 atom stereocenters. The van der Waals surface area contributed by atoms with Gasteiger partial charge in [0.05, 0.1) is 0 Å². The van der Waals surface area contributed by atoms with E-state index in [1.54, 1.807) is 7.11 Å².